The van der Waals surface area contributed by atoms with Crippen LogP contribution in [0.5, 0.6) is 17.2 Å². The quantitative estimate of drug-likeness (QED) is 0.172. The van der Waals surface area contributed by atoms with Crippen molar-refractivity contribution in [3.8, 4) is 17.2 Å². The third kappa shape index (κ3) is 5.50. The first-order chi connectivity index (χ1) is 21.0. The summed E-state index contributed by atoms with van der Waals surface area (Å²) in [5, 5.41) is 45.1. The molecular formula is C30H34NO13P. The van der Waals surface area contributed by atoms with Gasteiger partial charge in [-0.15, -0.1) is 0 Å². The zero-order valence-corrected chi connectivity index (χ0v) is 25.8. The Bertz CT molecular complexity index is 1660. The lowest BCUT2D eigenvalue weighted by Gasteiger charge is -2.42. The maximum atomic E-state index is 13.8. The van der Waals surface area contributed by atoms with E-state index in [2.05, 4.69) is 0 Å². The largest absolute Gasteiger partial charge is 0.507 e. The van der Waals surface area contributed by atoms with E-state index >= 15 is 0 Å². The molecule has 2 aromatic rings. The lowest BCUT2D eigenvalue weighted by Crippen LogP contribution is -2.53. The number of benzene rings is 2. The Balaban J connectivity index is 1.64. The smallest absolute Gasteiger partial charge is 0.263 e. The van der Waals surface area contributed by atoms with Gasteiger partial charge in [0.2, 0.25) is 11.3 Å². The minimum atomic E-state index is -3.86. The highest BCUT2D eigenvalue weighted by molar-refractivity contribution is 7.75. The fourth-order valence-electron chi connectivity index (χ4n) is 6.01. The Labute approximate surface area is 257 Å². The van der Waals surface area contributed by atoms with E-state index in [1.807, 2.05) is 0 Å². The number of carbonyl (C=O) groups excluding carboxylic acids is 4. The average molecular weight is 648 g/mol. The van der Waals surface area contributed by atoms with Crippen molar-refractivity contribution in [1.82, 2.24) is 0 Å². The molecule has 1 fully saturated rings. The third-order valence-electron chi connectivity index (χ3n) is 8.68. The number of carbonyl (C=O) groups is 4. The highest BCUT2D eigenvalue weighted by Crippen LogP contribution is 2.53. The maximum Gasteiger partial charge on any atom is 0.263 e. The molecule has 0 saturated carbocycles. The Kier molecular flexibility index (Phi) is 8.55. The number of methoxy groups -OCH3 is 1. The topological polar surface area (TPSA) is 229 Å². The van der Waals surface area contributed by atoms with Crippen molar-refractivity contribution in [2.24, 2.45) is 5.73 Å². The van der Waals surface area contributed by atoms with Gasteiger partial charge in [0, 0.05) is 55.6 Å². The molecule has 2 aromatic carbocycles. The second kappa shape index (κ2) is 11.7. The highest BCUT2D eigenvalue weighted by Gasteiger charge is 2.50. The molecule has 15 heteroatoms. The minimum Gasteiger partial charge on any atom is -0.507 e. The van der Waals surface area contributed by atoms with Gasteiger partial charge < -0.3 is 44.9 Å². The first kappa shape index (κ1) is 32.9. The van der Waals surface area contributed by atoms with Crippen LogP contribution in [0, 0.1) is 0 Å². The van der Waals surface area contributed by atoms with Crippen molar-refractivity contribution in [3.63, 3.8) is 0 Å². The van der Waals surface area contributed by atoms with Crippen LogP contribution < -0.4 is 10.5 Å². The molecule has 2 aliphatic carbocycles. The molecule has 6 N–H and O–H groups in total. The van der Waals surface area contributed by atoms with Crippen molar-refractivity contribution in [2.75, 3.05) is 20.4 Å². The van der Waals surface area contributed by atoms with Gasteiger partial charge in [-0.3, -0.25) is 23.7 Å². The van der Waals surface area contributed by atoms with Gasteiger partial charge >= 0.3 is 0 Å². The second-order valence-electron chi connectivity index (χ2n) is 11.6. The summed E-state index contributed by atoms with van der Waals surface area (Å²) < 4.78 is 34.7. The number of ketones is 3. The number of aliphatic hydroxyl groups excluding tert-OH is 1. The molecule has 14 nitrogen and oxygen atoms in total. The number of ether oxygens (including phenoxy) is 3. The number of aliphatic hydroxyl groups is 2. The zero-order chi connectivity index (χ0) is 33.2. The second-order valence-corrected chi connectivity index (χ2v) is 14.2. The number of phenolic OH excluding ortho intramolecular Hbond substituents is 2. The SMILES string of the molecule is COc1cccc2c1C(=O)c1c(O)c3c(c(O)c1C2=O)C[C@@](O)(C(=O)COP(C)(=O)C(C)=O)C[C@@H]3OC1CC(N)C(O)C(C)O1. The van der Waals surface area contributed by atoms with Crippen LogP contribution in [0.2, 0.25) is 0 Å². The van der Waals surface area contributed by atoms with E-state index in [-0.39, 0.29) is 34.4 Å². The fourth-order valence-corrected chi connectivity index (χ4v) is 6.56. The Hall–Kier alpha value is -3.49. The van der Waals surface area contributed by atoms with E-state index in [1.54, 1.807) is 6.92 Å². The molecule has 1 heterocycles. The summed E-state index contributed by atoms with van der Waals surface area (Å²) in [6.45, 7) is 2.67. The number of phenols is 2. The number of fused-ring (bicyclic) bond motifs is 3. The summed E-state index contributed by atoms with van der Waals surface area (Å²) in [7, 11) is -2.55. The predicted octanol–water partition coefficient (Wildman–Crippen LogP) is 1.48. The van der Waals surface area contributed by atoms with Crippen LogP contribution in [0.15, 0.2) is 18.2 Å². The summed E-state index contributed by atoms with van der Waals surface area (Å²) in [4.78, 5) is 52.6. The van der Waals surface area contributed by atoms with Gasteiger partial charge in [0.25, 0.3) is 7.37 Å². The van der Waals surface area contributed by atoms with Crippen molar-refractivity contribution in [3.05, 3.63) is 51.6 Å². The van der Waals surface area contributed by atoms with E-state index in [0.717, 1.165) is 13.6 Å². The average Bonchev–Trinajstić information content (AvgIpc) is 2.98. The monoisotopic (exact) mass is 647 g/mol. The van der Waals surface area contributed by atoms with Gasteiger partial charge in [-0.2, -0.15) is 0 Å². The predicted molar refractivity (Wildman–Crippen MR) is 155 cm³/mol. The van der Waals surface area contributed by atoms with Crippen LogP contribution in [0.3, 0.4) is 0 Å². The van der Waals surface area contributed by atoms with E-state index in [4.69, 9.17) is 24.5 Å². The molecule has 1 saturated heterocycles. The van der Waals surface area contributed by atoms with Gasteiger partial charge in [-0.05, 0) is 13.0 Å². The van der Waals surface area contributed by atoms with Crippen LogP contribution >= 0.6 is 7.37 Å². The number of hydrogen-bond acceptors (Lipinski definition) is 14. The van der Waals surface area contributed by atoms with Gasteiger partial charge in [0.1, 0.15) is 29.5 Å². The van der Waals surface area contributed by atoms with E-state index in [0.29, 0.717) is 0 Å². The normalized spacial score (nSPS) is 28.8. The molecule has 5 unspecified atom stereocenters. The lowest BCUT2D eigenvalue weighted by atomic mass is 9.72. The molecule has 0 aromatic heterocycles. The number of Topliss-reactive ketones (excluding diaryl/α,β-unsaturated/α-hetero) is 1. The molecule has 0 spiro atoms. The van der Waals surface area contributed by atoms with Crippen molar-refractivity contribution < 1.29 is 62.9 Å². The Morgan fingerprint density at radius 2 is 1.80 bits per heavy atom. The highest BCUT2D eigenvalue weighted by atomic mass is 31.2. The fraction of sp³-hybridized carbons (Fsp3) is 0.467. The van der Waals surface area contributed by atoms with Crippen LogP contribution in [0.1, 0.15) is 75.8 Å². The molecule has 45 heavy (non-hydrogen) atoms. The van der Waals surface area contributed by atoms with Gasteiger partial charge in [0.05, 0.1) is 42.1 Å². The van der Waals surface area contributed by atoms with Crippen molar-refractivity contribution >= 4 is 30.2 Å². The molecule has 0 amide bonds. The van der Waals surface area contributed by atoms with Crippen LogP contribution in [0.4, 0.5) is 0 Å². The number of rotatable bonds is 8. The summed E-state index contributed by atoms with van der Waals surface area (Å²) in [5.74, 6) is -4.06. The molecule has 3 aliphatic rings. The summed E-state index contributed by atoms with van der Waals surface area (Å²) >= 11 is 0. The van der Waals surface area contributed by atoms with Gasteiger partial charge in [-0.25, -0.2) is 0 Å². The lowest BCUT2D eigenvalue weighted by molar-refractivity contribution is -0.247. The maximum absolute atomic E-state index is 13.8. The molecule has 5 rings (SSSR count). The Morgan fingerprint density at radius 3 is 2.42 bits per heavy atom. The first-order valence-electron chi connectivity index (χ1n) is 14.1. The van der Waals surface area contributed by atoms with Gasteiger partial charge in [-0.1, -0.05) is 12.1 Å². The number of nitrogens with two attached hydrogens (primary N) is 1. The zero-order valence-electron chi connectivity index (χ0n) is 24.9. The van der Waals surface area contributed by atoms with Crippen LogP contribution in [-0.4, -0.2) is 93.8 Å². The molecule has 7 atom stereocenters. The molecular weight excluding hydrogens is 613 g/mol. The van der Waals surface area contributed by atoms with Crippen molar-refractivity contribution in [1.29, 1.82) is 0 Å². The van der Waals surface area contributed by atoms with Crippen LogP contribution in [-0.2, 0) is 34.6 Å². The van der Waals surface area contributed by atoms with Gasteiger partial charge in [0.15, 0.2) is 17.9 Å². The van der Waals surface area contributed by atoms with E-state index in [1.165, 1.54) is 25.3 Å². The first-order valence-corrected chi connectivity index (χ1v) is 16.2. The Morgan fingerprint density at radius 1 is 1.13 bits per heavy atom. The molecule has 1 aliphatic heterocycles. The standard InChI is InChI=1S/C30H34NO13P/c1-12-25(34)16(31)8-20(43-12)44-18-10-30(39,19(33)11-42-45(4,40)13(2)32)9-15-22(18)29(38)24-23(27(15)36)26(35)14-6-5-7-17(41-3)21(14)28(24)37/h5-7,12,16,18,20,25,34,36,38-39H,8-11,31H2,1-4H3/t12?,16?,18-,20?,25?,30-,45?/m0/s1. The van der Waals surface area contributed by atoms with Crippen LogP contribution in [0.25, 0.3) is 0 Å². The summed E-state index contributed by atoms with van der Waals surface area (Å²) in [6.07, 6.45) is -5.66. The van der Waals surface area contributed by atoms with Crippen molar-refractivity contribution in [2.45, 2.75) is 69.4 Å². The minimum absolute atomic E-state index is 0.0376. The molecule has 0 bridgehead atoms. The number of aromatic hydroxyl groups is 2. The van der Waals surface area contributed by atoms with E-state index in [9.17, 15) is 44.2 Å². The molecule has 242 valence electrons. The van der Waals surface area contributed by atoms with E-state index < -0.39 is 109 Å². The third-order valence-corrected chi connectivity index (χ3v) is 10.4. The summed E-state index contributed by atoms with van der Waals surface area (Å²) in [6, 6.07) is 3.52. The number of hydrogen-bond donors (Lipinski definition) is 5. The summed E-state index contributed by atoms with van der Waals surface area (Å²) in [5.41, 5.74) is 1.16. The molecule has 0 radical (unpaired) electrons.